The maximum atomic E-state index is 12.5. The molecule has 26 heavy (non-hydrogen) atoms. The van der Waals surface area contributed by atoms with Crippen molar-refractivity contribution >= 4 is 17.8 Å². The lowest BCUT2D eigenvalue weighted by molar-refractivity contribution is -0.142. The number of nitrogens with zero attached hydrogens (tertiary/aromatic N) is 1. The van der Waals surface area contributed by atoms with Crippen LogP contribution in [0.3, 0.4) is 0 Å². The summed E-state index contributed by atoms with van der Waals surface area (Å²) in [5, 5.41) is 12.0. The minimum Gasteiger partial charge on any atom is -0.479 e. The second-order valence-electron chi connectivity index (χ2n) is 6.35. The quantitative estimate of drug-likeness (QED) is 0.832. The van der Waals surface area contributed by atoms with Gasteiger partial charge in [-0.2, -0.15) is 0 Å². The van der Waals surface area contributed by atoms with Crippen LogP contribution >= 0.6 is 0 Å². The molecule has 134 valence electrons. The van der Waals surface area contributed by atoms with Crippen LogP contribution in [-0.4, -0.2) is 34.3 Å². The SMILES string of the molecule is O=C(N[C@H](C(=O)O)c1ccccc1)C1CC(=O)N(Cc2ccccc2)C1. The molecule has 0 radical (unpaired) electrons. The number of hydrogen-bond donors (Lipinski definition) is 2. The Balaban J connectivity index is 1.64. The van der Waals surface area contributed by atoms with Crippen molar-refractivity contribution in [2.24, 2.45) is 5.92 Å². The number of benzene rings is 2. The summed E-state index contributed by atoms with van der Waals surface area (Å²) in [6.45, 7) is 0.741. The van der Waals surface area contributed by atoms with E-state index < -0.39 is 23.8 Å². The summed E-state index contributed by atoms with van der Waals surface area (Å²) in [5.74, 6) is -2.18. The van der Waals surface area contributed by atoms with E-state index >= 15 is 0 Å². The summed E-state index contributed by atoms with van der Waals surface area (Å²) in [5.41, 5.74) is 1.49. The van der Waals surface area contributed by atoms with Crippen molar-refractivity contribution in [1.29, 1.82) is 0 Å². The van der Waals surface area contributed by atoms with Crippen LogP contribution in [0, 0.1) is 5.92 Å². The fraction of sp³-hybridized carbons (Fsp3) is 0.250. The molecule has 1 saturated heterocycles. The molecule has 2 aromatic carbocycles. The first-order chi connectivity index (χ1) is 12.5. The third kappa shape index (κ3) is 4.08. The average Bonchev–Trinajstić information content (AvgIpc) is 3.01. The van der Waals surface area contributed by atoms with Gasteiger partial charge in [-0.05, 0) is 11.1 Å². The fourth-order valence-electron chi connectivity index (χ4n) is 3.10. The molecule has 1 aliphatic rings. The van der Waals surface area contributed by atoms with Gasteiger partial charge in [0.1, 0.15) is 0 Å². The number of carbonyl (C=O) groups is 3. The zero-order valence-corrected chi connectivity index (χ0v) is 14.2. The van der Waals surface area contributed by atoms with Gasteiger partial charge in [0, 0.05) is 19.5 Å². The van der Waals surface area contributed by atoms with Gasteiger partial charge >= 0.3 is 5.97 Å². The number of hydrogen-bond acceptors (Lipinski definition) is 3. The van der Waals surface area contributed by atoms with Crippen LogP contribution < -0.4 is 5.32 Å². The van der Waals surface area contributed by atoms with Crippen molar-refractivity contribution in [2.75, 3.05) is 6.54 Å². The number of nitrogens with one attached hydrogen (secondary N) is 1. The normalized spacial score (nSPS) is 17.8. The lowest BCUT2D eigenvalue weighted by Crippen LogP contribution is -2.38. The Kier molecular flexibility index (Phi) is 5.31. The second-order valence-corrected chi connectivity index (χ2v) is 6.35. The van der Waals surface area contributed by atoms with Crippen molar-refractivity contribution < 1.29 is 19.5 Å². The molecular formula is C20H20N2O4. The summed E-state index contributed by atoms with van der Waals surface area (Å²) < 4.78 is 0. The summed E-state index contributed by atoms with van der Waals surface area (Å²) >= 11 is 0. The second kappa shape index (κ2) is 7.82. The third-order valence-electron chi connectivity index (χ3n) is 4.47. The molecule has 2 aromatic rings. The molecule has 0 aliphatic carbocycles. The lowest BCUT2D eigenvalue weighted by atomic mass is 10.0. The molecule has 3 rings (SSSR count). The van der Waals surface area contributed by atoms with Gasteiger partial charge < -0.3 is 15.3 Å². The molecule has 2 N–H and O–H groups in total. The molecule has 1 fully saturated rings. The van der Waals surface area contributed by atoms with E-state index in [9.17, 15) is 19.5 Å². The molecule has 1 unspecified atom stereocenters. The Bertz CT molecular complexity index is 792. The van der Waals surface area contributed by atoms with E-state index in [4.69, 9.17) is 0 Å². The first kappa shape index (κ1) is 17.7. The van der Waals surface area contributed by atoms with E-state index in [1.807, 2.05) is 30.3 Å². The van der Waals surface area contributed by atoms with Gasteiger partial charge in [-0.3, -0.25) is 9.59 Å². The van der Waals surface area contributed by atoms with Gasteiger partial charge in [0.15, 0.2) is 6.04 Å². The number of aliphatic carboxylic acids is 1. The van der Waals surface area contributed by atoms with Gasteiger partial charge in [0.05, 0.1) is 5.92 Å². The van der Waals surface area contributed by atoms with Gasteiger partial charge in [0.2, 0.25) is 11.8 Å². The molecule has 2 atom stereocenters. The molecule has 0 saturated carbocycles. The molecule has 0 spiro atoms. The molecule has 0 aromatic heterocycles. The minimum atomic E-state index is -1.13. The summed E-state index contributed by atoms with van der Waals surface area (Å²) in [6.07, 6.45) is 0.0970. The molecular weight excluding hydrogens is 332 g/mol. The third-order valence-corrected chi connectivity index (χ3v) is 4.47. The van der Waals surface area contributed by atoms with Crippen molar-refractivity contribution in [3.63, 3.8) is 0 Å². The highest BCUT2D eigenvalue weighted by molar-refractivity contribution is 5.91. The van der Waals surface area contributed by atoms with E-state index in [1.165, 1.54) is 0 Å². The van der Waals surface area contributed by atoms with E-state index in [0.29, 0.717) is 18.7 Å². The van der Waals surface area contributed by atoms with Crippen molar-refractivity contribution in [3.8, 4) is 0 Å². The Labute approximate surface area is 151 Å². The van der Waals surface area contributed by atoms with Crippen LogP contribution in [0.1, 0.15) is 23.6 Å². The molecule has 2 amide bonds. The van der Waals surface area contributed by atoms with Crippen LogP contribution in [0.25, 0.3) is 0 Å². The van der Waals surface area contributed by atoms with Crippen LogP contribution in [0.4, 0.5) is 0 Å². The maximum Gasteiger partial charge on any atom is 0.330 e. The first-order valence-corrected chi connectivity index (χ1v) is 8.44. The lowest BCUT2D eigenvalue weighted by Gasteiger charge is -2.19. The molecule has 0 bridgehead atoms. The number of amides is 2. The molecule has 6 nitrogen and oxygen atoms in total. The first-order valence-electron chi connectivity index (χ1n) is 8.44. The zero-order chi connectivity index (χ0) is 18.5. The van der Waals surface area contributed by atoms with Gasteiger partial charge in [-0.1, -0.05) is 60.7 Å². The van der Waals surface area contributed by atoms with Crippen LogP contribution in [0.2, 0.25) is 0 Å². The number of likely N-dealkylation sites (tertiary alicyclic amines) is 1. The number of rotatable bonds is 6. The summed E-state index contributed by atoms with van der Waals surface area (Å²) in [7, 11) is 0. The topological polar surface area (TPSA) is 86.7 Å². The van der Waals surface area contributed by atoms with Gasteiger partial charge in [-0.15, -0.1) is 0 Å². The van der Waals surface area contributed by atoms with Crippen LogP contribution in [0.15, 0.2) is 60.7 Å². The van der Waals surface area contributed by atoms with Gasteiger partial charge in [-0.25, -0.2) is 4.79 Å². The van der Waals surface area contributed by atoms with Crippen molar-refractivity contribution in [1.82, 2.24) is 10.2 Å². The van der Waals surface area contributed by atoms with E-state index in [1.54, 1.807) is 35.2 Å². The monoisotopic (exact) mass is 352 g/mol. The average molecular weight is 352 g/mol. The van der Waals surface area contributed by atoms with Crippen molar-refractivity contribution in [2.45, 2.75) is 19.0 Å². The van der Waals surface area contributed by atoms with E-state index in [2.05, 4.69) is 5.32 Å². The highest BCUT2D eigenvalue weighted by Gasteiger charge is 2.36. The number of carboxylic acid groups (broad SMARTS) is 1. The smallest absolute Gasteiger partial charge is 0.330 e. The summed E-state index contributed by atoms with van der Waals surface area (Å²) in [6, 6.07) is 17.0. The van der Waals surface area contributed by atoms with E-state index in [0.717, 1.165) is 5.56 Å². The largest absolute Gasteiger partial charge is 0.479 e. The molecule has 6 heteroatoms. The zero-order valence-electron chi connectivity index (χ0n) is 14.2. The minimum absolute atomic E-state index is 0.0967. The standard InChI is InChI=1S/C20H20N2O4/c23-17-11-16(13-22(17)12-14-7-3-1-4-8-14)19(24)21-18(20(25)26)15-9-5-2-6-10-15/h1-10,16,18H,11-13H2,(H,21,24)(H,25,26)/t16?,18-/m0/s1. The predicted molar refractivity (Wildman–Crippen MR) is 94.9 cm³/mol. The molecule has 1 aliphatic heterocycles. The predicted octanol–water partition coefficient (Wildman–Crippen LogP) is 1.98. The summed E-state index contributed by atoms with van der Waals surface area (Å²) in [4.78, 5) is 37.9. The highest BCUT2D eigenvalue weighted by Crippen LogP contribution is 2.22. The Morgan fingerprint density at radius 1 is 1.08 bits per heavy atom. The highest BCUT2D eigenvalue weighted by atomic mass is 16.4. The van der Waals surface area contributed by atoms with Crippen molar-refractivity contribution in [3.05, 3.63) is 71.8 Å². The fourth-order valence-corrected chi connectivity index (χ4v) is 3.10. The molecule has 1 heterocycles. The maximum absolute atomic E-state index is 12.5. The Morgan fingerprint density at radius 2 is 1.69 bits per heavy atom. The Morgan fingerprint density at radius 3 is 2.31 bits per heavy atom. The Hall–Kier alpha value is -3.15. The van der Waals surface area contributed by atoms with E-state index in [-0.39, 0.29) is 12.3 Å². The van der Waals surface area contributed by atoms with Crippen LogP contribution in [-0.2, 0) is 20.9 Å². The number of carbonyl (C=O) groups excluding carboxylic acids is 2. The van der Waals surface area contributed by atoms with Crippen LogP contribution in [0.5, 0.6) is 0 Å². The van der Waals surface area contributed by atoms with Gasteiger partial charge in [0.25, 0.3) is 0 Å². The number of carboxylic acids is 1.